The van der Waals surface area contributed by atoms with Gasteiger partial charge in [-0.3, -0.25) is 28.8 Å². The molecule has 0 unspecified atom stereocenters. The largest absolute Gasteiger partial charge is 0.468 e. The number of hydrogen-bond donors (Lipinski definition) is 0. The normalized spacial score (nSPS) is 12.1. The first kappa shape index (κ1) is 48.0. The molecule has 0 N–H and O–H groups in total. The summed E-state index contributed by atoms with van der Waals surface area (Å²) < 4.78 is 27.4. The SMILES string of the molecule is C=CCN(CC=C)C(=O)C(Cl)Cl.CCc1cccc(CC)c1N(COC)C(=O)CCl.COC(=O)CSc1cc(N=c2sc(=O)n3n2CCCC3)c(F)cc1Cl. The van der Waals surface area contributed by atoms with Crippen LogP contribution in [0.2, 0.25) is 5.02 Å². The van der Waals surface area contributed by atoms with Crippen LogP contribution in [0, 0.1) is 5.82 Å². The average molecular weight is 882 g/mol. The number of fused-ring (bicyclic) bond motifs is 1. The molecule has 18 heteroatoms. The average Bonchev–Trinajstić information content (AvgIpc) is 3.51. The first-order chi connectivity index (χ1) is 26.3. The van der Waals surface area contributed by atoms with Crippen LogP contribution < -0.4 is 14.6 Å². The number of anilines is 1. The van der Waals surface area contributed by atoms with E-state index in [2.05, 4.69) is 36.7 Å². The number of methoxy groups -OCH3 is 2. The lowest BCUT2D eigenvalue weighted by molar-refractivity contribution is -0.137. The molecule has 4 rings (SSSR count). The molecule has 0 spiro atoms. The molecule has 55 heavy (non-hydrogen) atoms. The van der Waals surface area contributed by atoms with E-state index in [1.807, 2.05) is 18.2 Å². The summed E-state index contributed by atoms with van der Waals surface area (Å²) >= 11 is 24.6. The van der Waals surface area contributed by atoms with E-state index in [-0.39, 0.29) is 45.8 Å². The number of aromatic nitrogens is 2. The van der Waals surface area contributed by atoms with E-state index < -0.39 is 16.6 Å². The van der Waals surface area contributed by atoms with Crippen molar-refractivity contribution < 1.29 is 28.2 Å². The van der Waals surface area contributed by atoms with Crippen molar-refractivity contribution in [3.8, 4) is 0 Å². The Balaban J connectivity index is 0.000000307. The number of esters is 1. The smallest absolute Gasteiger partial charge is 0.325 e. The highest BCUT2D eigenvalue weighted by Gasteiger charge is 2.20. The summed E-state index contributed by atoms with van der Waals surface area (Å²) in [7, 11) is 2.87. The van der Waals surface area contributed by atoms with Gasteiger partial charge in [0.15, 0.2) is 4.84 Å². The van der Waals surface area contributed by atoms with Gasteiger partial charge in [-0.15, -0.1) is 36.5 Å². The fourth-order valence-corrected chi connectivity index (χ4v) is 7.57. The van der Waals surface area contributed by atoms with Gasteiger partial charge in [-0.25, -0.2) is 14.1 Å². The van der Waals surface area contributed by atoms with Crippen LogP contribution in [0.5, 0.6) is 0 Å². The summed E-state index contributed by atoms with van der Waals surface area (Å²) in [5, 5.41) is 0.199. The van der Waals surface area contributed by atoms with E-state index in [1.165, 1.54) is 18.1 Å². The third-order valence-corrected chi connectivity index (χ3v) is 10.7. The number of alkyl halides is 3. The maximum Gasteiger partial charge on any atom is 0.325 e. The lowest BCUT2D eigenvalue weighted by atomic mass is 10.0. The minimum atomic E-state index is -1.01. The highest BCUT2D eigenvalue weighted by Crippen LogP contribution is 2.33. The number of benzene rings is 2. The van der Waals surface area contributed by atoms with Crippen LogP contribution in [-0.2, 0) is 49.8 Å². The van der Waals surface area contributed by atoms with Crippen molar-refractivity contribution in [2.24, 2.45) is 4.99 Å². The number of ether oxygens (including phenoxy) is 2. The van der Waals surface area contributed by atoms with Gasteiger partial charge in [-0.1, -0.05) is 79.0 Å². The minimum absolute atomic E-state index is 0.0371. The zero-order chi connectivity index (χ0) is 41.1. The van der Waals surface area contributed by atoms with Gasteiger partial charge < -0.3 is 14.4 Å². The molecule has 302 valence electrons. The topological polar surface area (TPSA) is 115 Å². The summed E-state index contributed by atoms with van der Waals surface area (Å²) in [6.45, 7) is 13.6. The zero-order valence-electron chi connectivity index (χ0n) is 31.2. The molecule has 0 fully saturated rings. The Morgan fingerprint density at radius 2 is 1.65 bits per heavy atom. The van der Waals surface area contributed by atoms with Crippen LogP contribution >= 0.6 is 69.5 Å². The molecule has 0 atom stereocenters. The summed E-state index contributed by atoms with van der Waals surface area (Å²) in [5.41, 5.74) is 3.32. The quantitative estimate of drug-likeness (QED) is 0.0504. The number of carbonyl (C=O) groups excluding carboxylic acids is 3. The standard InChI is InChI=1S/C15H15ClFN3O3S2.C14H20ClNO2.C8H11Cl2NO/c1-23-13(21)8-24-12-7-11(10(17)6-9(12)16)18-14-19-4-2-3-5-20(19)15(22)25-14;1-4-11-7-6-8-12(5-2)14(11)16(10-18-3)13(17)9-15;1-3-5-11(6-4-2)8(12)7(9)10/h6-7H,2-5,8H2,1H3;6-8H,4-5,9-10H2,1-3H3;3-4,7H,1-2,5-6H2. The first-order valence-corrected chi connectivity index (χ1v) is 20.7. The van der Waals surface area contributed by atoms with Crippen molar-refractivity contribution in [1.29, 1.82) is 0 Å². The molecule has 0 bridgehead atoms. The van der Waals surface area contributed by atoms with Crippen molar-refractivity contribution in [3.05, 3.63) is 92.1 Å². The van der Waals surface area contributed by atoms with Gasteiger partial charge in [0.2, 0.25) is 10.7 Å². The molecule has 0 radical (unpaired) electrons. The number of thioether (sulfide) groups is 1. The van der Waals surface area contributed by atoms with Crippen molar-refractivity contribution in [2.75, 3.05) is 50.6 Å². The van der Waals surface area contributed by atoms with Crippen LogP contribution in [0.4, 0.5) is 15.8 Å². The number of aryl methyl sites for hydroxylation is 2. The van der Waals surface area contributed by atoms with E-state index in [4.69, 9.17) is 51.1 Å². The molecule has 0 saturated carbocycles. The maximum atomic E-state index is 14.3. The Morgan fingerprint density at radius 1 is 1.05 bits per heavy atom. The molecule has 1 aliphatic heterocycles. The number of nitrogens with zero attached hydrogens (tertiary/aromatic N) is 5. The zero-order valence-corrected chi connectivity index (χ0v) is 35.9. The van der Waals surface area contributed by atoms with E-state index in [9.17, 15) is 23.6 Å². The lowest BCUT2D eigenvalue weighted by Crippen LogP contribution is -2.35. The van der Waals surface area contributed by atoms with Crippen LogP contribution in [0.25, 0.3) is 0 Å². The molecule has 2 aromatic carbocycles. The summed E-state index contributed by atoms with van der Waals surface area (Å²) in [6, 6.07) is 8.75. The lowest BCUT2D eigenvalue weighted by Gasteiger charge is -2.26. The van der Waals surface area contributed by atoms with Crippen LogP contribution in [0.15, 0.2) is 70.3 Å². The Hall–Kier alpha value is -3.11. The second kappa shape index (κ2) is 25.2. The van der Waals surface area contributed by atoms with Gasteiger partial charge in [-0.05, 0) is 60.3 Å². The maximum absolute atomic E-state index is 14.3. The minimum Gasteiger partial charge on any atom is -0.468 e. The third kappa shape index (κ3) is 14.4. The summed E-state index contributed by atoms with van der Waals surface area (Å²) in [5.74, 6) is -1.41. The number of carbonyl (C=O) groups is 3. The molecule has 2 heterocycles. The van der Waals surface area contributed by atoms with Gasteiger partial charge in [-0.2, -0.15) is 0 Å². The molecule has 11 nitrogen and oxygen atoms in total. The number of hydrogen-bond acceptors (Lipinski definition) is 9. The van der Waals surface area contributed by atoms with Crippen molar-refractivity contribution in [3.63, 3.8) is 0 Å². The molecule has 2 amide bonds. The second-order valence-corrected chi connectivity index (χ2v) is 15.1. The van der Waals surface area contributed by atoms with E-state index >= 15 is 0 Å². The fraction of sp³-hybridized carbons (Fsp3) is 0.432. The van der Waals surface area contributed by atoms with Gasteiger partial charge in [0.05, 0.1) is 23.6 Å². The predicted octanol–water partition coefficient (Wildman–Crippen LogP) is 7.77. The highest BCUT2D eigenvalue weighted by molar-refractivity contribution is 8.00. The predicted molar refractivity (Wildman–Crippen MR) is 223 cm³/mol. The number of halogens is 5. The summed E-state index contributed by atoms with van der Waals surface area (Å²) in [4.78, 5) is 53.7. The first-order valence-electron chi connectivity index (χ1n) is 17.1. The molecule has 0 saturated heterocycles. The Bertz CT molecular complexity index is 1870. The van der Waals surface area contributed by atoms with Gasteiger partial charge in [0, 0.05) is 38.2 Å². The van der Waals surface area contributed by atoms with Crippen molar-refractivity contribution in [2.45, 2.75) is 62.4 Å². The third-order valence-electron chi connectivity index (χ3n) is 7.79. The molecule has 1 aromatic heterocycles. The highest BCUT2D eigenvalue weighted by atomic mass is 35.5. The molecular weight excluding hydrogens is 835 g/mol. The molecule has 1 aliphatic rings. The van der Waals surface area contributed by atoms with Gasteiger partial charge in [0.1, 0.15) is 24.1 Å². The Kier molecular flexibility index (Phi) is 22.0. The van der Waals surface area contributed by atoms with E-state index in [1.54, 1.807) is 33.5 Å². The van der Waals surface area contributed by atoms with Crippen molar-refractivity contribution >= 4 is 98.7 Å². The number of rotatable bonds is 15. The Labute approximate surface area is 349 Å². The van der Waals surface area contributed by atoms with Gasteiger partial charge in [0.25, 0.3) is 5.91 Å². The van der Waals surface area contributed by atoms with Gasteiger partial charge >= 0.3 is 10.8 Å². The van der Waals surface area contributed by atoms with Crippen molar-refractivity contribution in [1.82, 2.24) is 14.3 Å². The van der Waals surface area contributed by atoms with Crippen LogP contribution in [-0.4, -0.2) is 82.6 Å². The number of para-hydroxylation sites is 1. The van der Waals surface area contributed by atoms with Crippen LogP contribution in [0.3, 0.4) is 0 Å². The molecular formula is C37H46Cl4FN5O6S2. The summed E-state index contributed by atoms with van der Waals surface area (Å²) in [6.07, 6.45) is 6.86. The molecule has 0 aliphatic carbocycles. The number of amides is 2. The molecule has 3 aromatic rings. The van der Waals surface area contributed by atoms with E-state index in [0.717, 1.165) is 71.7 Å². The van der Waals surface area contributed by atoms with E-state index in [0.29, 0.717) is 35.9 Å². The van der Waals surface area contributed by atoms with Crippen LogP contribution in [0.1, 0.15) is 37.8 Å². The second-order valence-electron chi connectivity index (χ2n) is 11.4. The Morgan fingerprint density at radius 3 is 2.16 bits per heavy atom. The fourth-order valence-electron chi connectivity index (χ4n) is 5.16. The monoisotopic (exact) mass is 879 g/mol.